The number of nitrogens with zero attached hydrogens (tertiary/aromatic N) is 4. The van der Waals surface area contributed by atoms with Crippen LogP contribution in [0.2, 0.25) is 0 Å². The molecule has 3 aromatic rings. The van der Waals surface area contributed by atoms with E-state index in [1.807, 2.05) is 0 Å². The van der Waals surface area contributed by atoms with Crippen LogP contribution in [0, 0.1) is 0 Å². The smallest absolute Gasteiger partial charge is 0.363 e. The third kappa shape index (κ3) is 3.71. The molecule has 0 spiro atoms. The largest absolute Gasteiger partial charge is 0.415 e. The van der Waals surface area contributed by atoms with Gasteiger partial charge in [0.25, 0.3) is 12.3 Å². The summed E-state index contributed by atoms with van der Waals surface area (Å²) in [6, 6.07) is 16.8. The Bertz CT molecular complexity index is 1190. The second kappa shape index (κ2) is 8.42. The highest BCUT2D eigenvalue weighted by Crippen LogP contribution is 2.37. The molecule has 9 heteroatoms. The van der Waals surface area contributed by atoms with Gasteiger partial charge in [0.15, 0.2) is 11.5 Å². The van der Waals surface area contributed by atoms with Gasteiger partial charge in [-0.1, -0.05) is 36.4 Å². The van der Waals surface area contributed by atoms with Gasteiger partial charge in [-0.15, -0.1) is 5.06 Å². The van der Waals surface area contributed by atoms with Crippen molar-refractivity contribution in [2.75, 3.05) is 5.06 Å². The number of rotatable bonds is 5. The fraction of sp³-hybridized carbons (Fsp3) is 0.250. The molecule has 2 aromatic carbocycles. The van der Waals surface area contributed by atoms with Crippen molar-refractivity contribution in [3.05, 3.63) is 83.8 Å². The van der Waals surface area contributed by atoms with Crippen LogP contribution < -0.4 is 5.06 Å². The lowest BCUT2D eigenvalue weighted by Gasteiger charge is -2.46. The fourth-order valence-corrected chi connectivity index (χ4v) is 3.93. The van der Waals surface area contributed by atoms with E-state index in [4.69, 9.17) is 9.57 Å². The van der Waals surface area contributed by atoms with Crippen molar-refractivity contribution in [2.24, 2.45) is 7.05 Å². The molecule has 1 fully saturated rings. The predicted molar refractivity (Wildman–Crippen MR) is 117 cm³/mol. The Hall–Kier alpha value is -4.14. The van der Waals surface area contributed by atoms with Crippen LogP contribution in [0.5, 0.6) is 0 Å². The van der Waals surface area contributed by atoms with E-state index in [-0.39, 0.29) is 23.5 Å². The molecule has 33 heavy (non-hydrogen) atoms. The minimum Gasteiger partial charge on any atom is -0.415 e. The Labute approximate surface area is 190 Å². The van der Waals surface area contributed by atoms with Crippen molar-refractivity contribution >= 4 is 23.7 Å². The monoisotopic (exact) mass is 446 g/mol. The molecule has 1 unspecified atom stereocenters. The van der Waals surface area contributed by atoms with Crippen LogP contribution in [0.3, 0.4) is 0 Å². The first-order chi connectivity index (χ1) is 16.0. The van der Waals surface area contributed by atoms with Gasteiger partial charge in [-0.25, -0.2) is 14.6 Å². The summed E-state index contributed by atoms with van der Waals surface area (Å²) >= 11 is 0. The standard InChI is InChI=1S/C24H22N4O5/c1-26-15-25-19-20(26)28(33-23(31)17-11-6-3-7-12-17)24(27(21(19)29)18-13-8-14-18)32-22(30)16-9-4-2-5-10-16/h2-7,9-12,15,18,24H,8,13-14H2,1H3. The molecular weight excluding hydrogens is 424 g/mol. The van der Waals surface area contributed by atoms with Crippen LogP contribution >= 0.6 is 0 Å². The Balaban J connectivity index is 1.55. The summed E-state index contributed by atoms with van der Waals surface area (Å²) in [5.74, 6) is -1.41. The van der Waals surface area contributed by atoms with Crippen LogP contribution in [0.15, 0.2) is 67.0 Å². The van der Waals surface area contributed by atoms with E-state index in [0.29, 0.717) is 11.1 Å². The van der Waals surface area contributed by atoms with Crippen LogP contribution in [0.25, 0.3) is 0 Å². The van der Waals surface area contributed by atoms with Crippen LogP contribution in [0.1, 0.15) is 50.5 Å². The SMILES string of the molecule is Cn1cnc2c1N(OC(=O)c1ccccc1)C(OC(=O)c1ccccc1)N(C1CCC1)C2=O. The Kier molecular flexibility index (Phi) is 5.29. The van der Waals surface area contributed by atoms with Crippen molar-refractivity contribution in [1.82, 2.24) is 14.5 Å². The van der Waals surface area contributed by atoms with Gasteiger partial charge < -0.3 is 14.1 Å². The van der Waals surface area contributed by atoms with Crippen molar-refractivity contribution in [3.8, 4) is 0 Å². The average molecular weight is 446 g/mol. The van der Waals surface area contributed by atoms with Crippen LogP contribution in [0.4, 0.5) is 5.82 Å². The van der Waals surface area contributed by atoms with E-state index in [9.17, 15) is 14.4 Å². The summed E-state index contributed by atoms with van der Waals surface area (Å²) in [5, 5.41) is 1.18. The molecule has 5 rings (SSSR count). The van der Waals surface area contributed by atoms with Gasteiger partial charge in [-0.3, -0.25) is 9.69 Å². The van der Waals surface area contributed by atoms with Crippen molar-refractivity contribution < 1.29 is 24.0 Å². The molecule has 1 aliphatic carbocycles. The first-order valence-electron chi connectivity index (χ1n) is 10.7. The van der Waals surface area contributed by atoms with E-state index >= 15 is 0 Å². The first kappa shape index (κ1) is 20.7. The summed E-state index contributed by atoms with van der Waals surface area (Å²) in [5.41, 5.74) is 0.780. The maximum absolute atomic E-state index is 13.4. The first-order valence-corrected chi connectivity index (χ1v) is 10.7. The molecule has 1 amide bonds. The average Bonchev–Trinajstić information content (AvgIpc) is 3.20. The molecule has 1 aromatic heterocycles. The molecule has 1 atom stereocenters. The number of carbonyl (C=O) groups is 3. The van der Waals surface area contributed by atoms with Crippen molar-refractivity contribution in [2.45, 2.75) is 31.7 Å². The molecule has 168 valence electrons. The van der Waals surface area contributed by atoms with Gasteiger partial charge >= 0.3 is 11.9 Å². The minimum absolute atomic E-state index is 0.136. The normalized spacial score (nSPS) is 17.8. The zero-order chi connectivity index (χ0) is 22.9. The third-order valence-corrected chi connectivity index (χ3v) is 5.87. The van der Waals surface area contributed by atoms with Gasteiger partial charge in [0.05, 0.1) is 17.5 Å². The number of fused-ring (bicyclic) bond motifs is 1. The van der Waals surface area contributed by atoms with E-state index in [0.717, 1.165) is 19.3 Å². The Morgan fingerprint density at radius 2 is 1.55 bits per heavy atom. The van der Waals surface area contributed by atoms with Crippen molar-refractivity contribution in [1.29, 1.82) is 0 Å². The molecule has 0 saturated heterocycles. The molecule has 2 heterocycles. The lowest BCUT2D eigenvalue weighted by Crippen LogP contribution is -2.62. The van der Waals surface area contributed by atoms with Gasteiger partial charge in [0.1, 0.15) is 0 Å². The third-order valence-electron chi connectivity index (χ3n) is 5.87. The van der Waals surface area contributed by atoms with Crippen LogP contribution in [-0.2, 0) is 16.6 Å². The summed E-state index contributed by atoms with van der Waals surface area (Å²) in [6.07, 6.45) is 2.66. The fourth-order valence-electron chi connectivity index (χ4n) is 3.93. The highest BCUT2D eigenvalue weighted by atomic mass is 16.8. The van der Waals surface area contributed by atoms with E-state index in [1.54, 1.807) is 72.3 Å². The van der Waals surface area contributed by atoms with Gasteiger partial charge in [0, 0.05) is 13.1 Å². The zero-order valence-corrected chi connectivity index (χ0v) is 18.0. The molecule has 0 N–H and O–H groups in total. The summed E-state index contributed by atoms with van der Waals surface area (Å²) in [4.78, 5) is 50.8. The van der Waals surface area contributed by atoms with Crippen molar-refractivity contribution in [3.63, 3.8) is 0 Å². The number of imidazole rings is 1. The number of hydrogen-bond donors (Lipinski definition) is 0. The molecule has 1 saturated carbocycles. The molecule has 2 aliphatic rings. The number of benzene rings is 2. The molecule has 0 radical (unpaired) electrons. The maximum Gasteiger partial charge on any atom is 0.363 e. The molecule has 0 bridgehead atoms. The summed E-state index contributed by atoms with van der Waals surface area (Å²) in [7, 11) is 1.68. The van der Waals surface area contributed by atoms with Gasteiger partial charge in [-0.05, 0) is 43.5 Å². The second-order valence-electron chi connectivity index (χ2n) is 7.99. The zero-order valence-electron chi connectivity index (χ0n) is 18.0. The van der Waals surface area contributed by atoms with Crippen LogP contribution in [-0.4, -0.2) is 44.7 Å². The molecular formula is C24H22N4O5. The minimum atomic E-state index is -1.27. The summed E-state index contributed by atoms with van der Waals surface area (Å²) < 4.78 is 7.38. The number of anilines is 1. The molecule has 9 nitrogen and oxygen atoms in total. The van der Waals surface area contributed by atoms with Gasteiger partial charge in [-0.2, -0.15) is 0 Å². The van der Waals surface area contributed by atoms with E-state index in [1.165, 1.54) is 16.3 Å². The number of hydrogen-bond acceptors (Lipinski definition) is 7. The second-order valence-corrected chi connectivity index (χ2v) is 7.99. The number of aryl methyl sites for hydroxylation is 1. The topological polar surface area (TPSA) is 94.0 Å². The highest BCUT2D eigenvalue weighted by Gasteiger charge is 2.49. The quantitative estimate of drug-likeness (QED) is 0.556. The maximum atomic E-state index is 13.4. The predicted octanol–water partition coefficient (Wildman–Crippen LogP) is 3.15. The highest BCUT2D eigenvalue weighted by molar-refractivity contribution is 6.00. The van der Waals surface area contributed by atoms with E-state index < -0.39 is 18.3 Å². The number of carbonyl (C=O) groups excluding carboxylic acids is 3. The number of amides is 1. The number of ether oxygens (including phenoxy) is 1. The number of aromatic nitrogens is 2. The lowest BCUT2D eigenvalue weighted by molar-refractivity contribution is -0.0917. The number of esters is 1. The number of hydroxylamine groups is 1. The van der Waals surface area contributed by atoms with Gasteiger partial charge in [0.2, 0.25) is 0 Å². The Morgan fingerprint density at radius 1 is 0.939 bits per heavy atom. The Morgan fingerprint density at radius 3 is 2.12 bits per heavy atom. The summed E-state index contributed by atoms with van der Waals surface area (Å²) in [6.45, 7) is 0. The lowest BCUT2D eigenvalue weighted by atomic mass is 9.91. The molecule has 1 aliphatic heterocycles. The van der Waals surface area contributed by atoms with E-state index in [2.05, 4.69) is 4.98 Å².